The lowest BCUT2D eigenvalue weighted by Crippen LogP contribution is -1.95. The predicted molar refractivity (Wildman–Crippen MR) is 48.3 cm³/mol. The van der Waals surface area contributed by atoms with Crippen LogP contribution in [0.5, 0.6) is 0 Å². The van der Waals surface area contributed by atoms with Crippen LogP contribution in [0.2, 0.25) is 6.32 Å². The first-order chi connectivity index (χ1) is 4.91. The summed E-state index contributed by atoms with van der Waals surface area (Å²) in [5, 5.41) is 0. The molecule has 0 amide bonds. The monoisotopic (exact) mass is 142 g/mol. The van der Waals surface area contributed by atoms with Crippen molar-refractivity contribution in [2.24, 2.45) is 0 Å². The molecule has 0 N–H and O–H groups in total. The highest BCUT2D eigenvalue weighted by Crippen LogP contribution is 1.94. The van der Waals surface area contributed by atoms with E-state index in [1.54, 1.807) is 0 Å². The number of ether oxygens (including phenoxy) is 1. The van der Waals surface area contributed by atoms with E-state index in [1.807, 2.05) is 0 Å². The van der Waals surface area contributed by atoms with Crippen molar-refractivity contribution >= 4 is 7.85 Å². The highest BCUT2D eigenvalue weighted by Gasteiger charge is 1.86. The Morgan fingerprint density at radius 2 is 1.80 bits per heavy atom. The van der Waals surface area contributed by atoms with Crippen molar-refractivity contribution in [3.63, 3.8) is 0 Å². The van der Waals surface area contributed by atoms with Gasteiger partial charge < -0.3 is 4.74 Å². The molecule has 0 saturated carbocycles. The molecular formula is C8H19BO. The van der Waals surface area contributed by atoms with Crippen LogP contribution in [-0.4, -0.2) is 21.1 Å². The van der Waals surface area contributed by atoms with Crippen LogP contribution in [-0.2, 0) is 4.74 Å². The molecule has 0 saturated heterocycles. The highest BCUT2D eigenvalue weighted by atomic mass is 16.5. The van der Waals surface area contributed by atoms with Crippen LogP contribution >= 0.6 is 0 Å². The summed E-state index contributed by atoms with van der Waals surface area (Å²) >= 11 is 0. The van der Waals surface area contributed by atoms with E-state index in [1.165, 1.54) is 32.0 Å². The highest BCUT2D eigenvalue weighted by molar-refractivity contribution is 6.08. The fourth-order valence-electron chi connectivity index (χ4n) is 0.803. The van der Waals surface area contributed by atoms with E-state index in [-0.39, 0.29) is 0 Å². The first-order valence-corrected chi connectivity index (χ1v) is 4.49. The van der Waals surface area contributed by atoms with Crippen LogP contribution in [0.15, 0.2) is 0 Å². The molecule has 60 valence electrons. The molecule has 0 radical (unpaired) electrons. The molecule has 0 rings (SSSR count). The van der Waals surface area contributed by atoms with Crippen LogP contribution in [0.4, 0.5) is 0 Å². The van der Waals surface area contributed by atoms with Gasteiger partial charge in [0.05, 0.1) is 0 Å². The first kappa shape index (κ1) is 10.0. The maximum absolute atomic E-state index is 5.38. The molecule has 0 aliphatic heterocycles. The minimum atomic E-state index is 0.959. The molecule has 0 aliphatic carbocycles. The van der Waals surface area contributed by atoms with E-state index in [9.17, 15) is 0 Å². The molecule has 0 spiro atoms. The second-order valence-electron chi connectivity index (χ2n) is 2.67. The maximum Gasteiger partial charge on any atom is 0.101 e. The Kier molecular flexibility index (Phi) is 9.05. The summed E-state index contributed by atoms with van der Waals surface area (Å²) in [6, 6.07) is 0. The fourth-order valence-corrected chi connectivity index (χ4v) is 0.803. The van der Waals surface area contributed by atoms with Crippen LogP contribution in [0.1, 0.15) is 32.6 Å². The van der Waals surface area contributed by atoms with Gasteiger partial charge in [-0.2, -0.15) is 0 Å². The molecule has 0 unspecified atom stereocenters. The molecule has 0 aromatic carbocycles. The Morgan fingerprint density at radius 3 is 2.40 bits per heavy atom. The van der Waals surface area contributed by atoms with Crippen LogP contribution in [0, 0.1) is 0 Å². The van der Waals surface area contributed by atoms with Crippen molar-refractivity contribution in [1.29, 1.82) is 0 Å². The summed E-state index contributed by atoms with van der Waals surface area (Å²) in [6.45, 7) is 4.11. The minimum Gasteiger partial charge on any atom is -0.381 e. The molecule has 0 aromatic rings. The molecular weight excluding hydrogens is 123 g/mol. The van der Waals surface area contributed by atoms with Crippen molar-refractivity contribution in [3.05, 3.63) is 0 Å². The van der Waals surface area contributed by atoms with E-state index in [2.05, 4.69) is 14.8 Å². The third kappa shape index (κ3) is 8.02. The number of unbranched alkanes of at least 4 members (excludes halogenated alkanes) is 2. The van der Waals surface area contributed by atoms with Crippen molar-refractivity contribution in [3.8, 4) is 0 Å². The van der Waals surface area contributed by atoms with Crippen molar-refractivity contribution in [1.82, 2.24) is 0 Å². The van der Waals surface area contributed by atoms with Crippen molar-refractivity contribution in [2.75, 3.05) is 13.2 Å². The lowest BCUT2D eigenvalue weighted by Gasteiger charge is -2.00. The average Bonchev–Trinajstić information content (AvgIpc) is 1.97. The number of hydrogen-bond acceptors (Lipinski definition) is 1. The number of hydrogen-bond donors (Lipinski definition) is 0. The van der Waals surface area contributed by atoms with E-state index in [0.29, 0.717) is 0 Å². The van der Waals surface area contributed by atoms with Crippen molar-refractivity contribution < 1.29 is 4.74 Å². The molecule has 0 fully saturated rings. The van der Waals surface area contributed by atoms with E-state index >= 15 is 0 Å². The smallest absolute Gasteiger partial charge is 0.101 e. The van der Waals surface area contributed by atoms with E-state index < -0.39 is 0 Å². The Hall–Kier alpha value is 0.0249. The first-order valence-electron chi connectivity index (χ1n) is 4.49. The minimum absolute atomic E-state index is 0.959. The van der Waals surface area contributed by atoms with Gasteiger partial charge in [-0.1, -0.05) is 26.1 Å². The summed E-state index contributed by atoms with van der Waals surface area (Å²) in [4.78, 5) is 0. The SMILES string of the molecule is BCCCCOCCCC. The lowest BCUT2D eigenvalue weighted by atomic mass is 10.0. The number of rotatable bonds is 7. The van der Waals surface area contributed by atoms with Gasteiger partial charge in [0.1, 0.15) is 7.85 Å². The van der Waals surface area contributed by atoms with Gasteiger partial charge in [-0.15, -0.1) is 0 Å². The molecule has 2 heteroatoms. The van der Waals surface area contributed by atoms with E-state index in [4.69, 9.17) is 4.74 Å². The Labute approximate surface area is 65.6 Å². The predicted octanol–water partition coefficient (Wildman–Crippen LogP) is 1.63. The Morgan fingerprint density at radius 1 is 1.10 bits per heavy atom. The molecule has 0 bridgehead atoms. The average molecular weight is 142 g/mol. The van der Waals surface area contributed by atoms with Crippen LogP contribution < -0.4 is 0 Å². The van der Waals surface area contributed by atoms with Gasteiger partial charge in [-0.05, 0) is 12.8 Å². The standard InChI is InChI=1S/C8H19BO/c1-2-3-7-10-8-5-4-6-9/h2-9H2,1H3. The largest absolute Gasteiger partial charge is 0.381 e. The van der Waals surface area contributed by atoms with Gasteiger partial charge in [0.15, 0.2) is 0 Å². The van der Waals surface area contributed by atoms with Gasteiger partial charge in [-0.3, -0.25) is 0 Å². The maximum atomic E-state index is 5.38. The normalized spacial score (nSPS) is 10.1. The summed E-state index contributed by atoms with van der Waals surface area (Å²) < 4.78 is 5.38. The van der Waals surface area contributed by atoms with Crippen molar-refractivity contribution in [2.45, 2.75) is 38.9 Å². The van der Waals surface area contributed by atoms with Gasteiger partial charge in [0, 0.05) is 13.2 Å². The van der Waals surface area contributed by atoms with Gasteiger partial charge in [0.25, 0.3) is 0 Å². The second kappa shape index (κ2) is 9.02. The van der Waals surface area contributed by atoms with Crippen LogP contribution in [0.25, 0.3) is 0 Å². The third-order valence-electron chi connectivity index (χ3n) is 1.53. The lowest BCUT2D eigenvalue weighted by molar-refractivity contribution is 0.128. The van der Waals surface area contributed by atoms with Gasteiger partial charge in [0.2, 0.25) is 0 Å². The quantitative estimate of drug-likeness (QED) is 0.387. The Balaban J connectivity index is 2.65. The zero-order chi connectivity index (χ0) is 7.66. The van der Waals surface area contributed by atoms with Gasteiger partial charge >= 0.3 is 0 Å². The van der Waals surface area contributed by atoms with Crippen LogP contribution in [0.3, 0.4) is 0 Å². The molecule has 0 atom stereocenters. The third-order valence-corrected chi connectivity index (χ3v) is 1.53. The molecule has 0 heterocycles. The topological polar surface area (TPSA) is 9.23 Å². The summed E-state index contributed by atoms with van der Waals surface area (Å²) in [7, 11) is 2.21. The fraction of sp³-hybridized carbons (Fsp3) is 1.00. The zero-order valence-electron chi connectivity index (χ0n) is 7.36. The summed E-state index contributed by atoms with van der Waals surface area (Å²) in [6.07, 6.45) is 6.30. The summed E-state index contributed by atoms with van der Waals surface area (Å²) in [5.41, 5.74) is 0. The molecule has 0 aromatic heterocycles. The molecule has 0 aliphatic rings. The van der Waals surface area contributed by atoms with E-state index in [0.717, 1.165) is 13.2 Å². The van der Waals surface area contributed by atoms with Gasteiger partial charge in [-0.25, -0.2) is 0 Å². The molecule has 10 heavy (non-hydrogen) atoms. The second-order valence-corrected chi connectivity index (χ2v) is 2.67. The summed E-state index contributed by atoms with van der Waals surface area (Å²) in [5.74, 6) is 0. The Bertz CT molecular complexity index is 49.2. The zero-order valence-corrected chi connectivity index (χ0v) is 7.36. The molecule has 1 nitrogen and oxygen atoms in total.